The maximum Gasteiger partial charge on any atom is 0.328 e. The predicted molar refractivity (Wildman–Crippen MR) is 63.5 cm³/mol. The van der Waals surface area contributed by atoms with Gasteiger partial charge in [0, 0.05) is 26.7 Å². The number of amides is 2. The van der Waals surface area contributed by atoms with Crippen molar-refractivity contribution in [1.29, 1.82) is 0 Å². The summed E-state index contributed by atoms with van der Waals surface area (Å²) in [7, 11) is 1.63. The number of carbonyl (C=O) groups excluding carboxylic acids is 1. The van der Waals surface area contributed by atoms with Crippen molar-refractivity contribution in [2.75, 3.05) is 46.6 Å². The Morgan fingerprint density at radius 3 is 2.89 bits per heavy atom. The normalized spacial score (nSPS) is 19.7. The average Bonchev–Trinajstić information content (AvgIpc) is 2.38. The van der Waals surface area contributed by atoms with Crippen LogP contribution in [-0.4, -0.2) is 79.5 Å². The van der Waals surface area contributed by atoms with Crippen molar-refractivity contribution < 1.29 is 24.2 Å². The topological polar surface area (TPSA) is 79.3 Å². The Bertz CT molecular complexity index is 297. The van der Waals surface area contributed by atoms with Crippen LogP contribution in [0.15, 0.2) is 0 Å². The van der Waals surface area contributed by atoms with Crippen LogP contribution in [0.2, 0.25) is 0 Å². The van der Waals surface area contributed by atoms with Gasteiger partial charge in [0.1, 0.15) is 0 Å². The van der Waals surface area contributed by atoms with Crippen LogP contribution in [0.5, 0.6) is 0 Å². The highest BCUT2D eigenvalue weighted by Gasteiger charge is 2.34. The Hall–Kier alpha value is -1.34. The predicted octanol–water partition coefficient (Wildman–Crippen LogP) is -0.140. The standard InChI is InChI=1S/C11H20N2O5/c1-3-17-6-4-12(2)11(16)13-5-7-18-8-9(13)10(14)15/h9H,3-8H2,1-2H3,(H,14,15). The van der Waals surface area contributed by atoms with Crippen LogP contribution < -0.4 is 0 Å². The second kappa shape index (κ2) is 7.17. The number of urea groups is 1. The Balaban J connectivity index is 2.54. The number of hydrogen-bond acceptors (Lipinski definition) is 4. The molecule has 7 heteroatoms. The van der Waals surface area contributed by atoms with Crippen molar-refractivity contribution in [3.8, 4) is 0 Å². The Kier molecular flexibility index (Phi) is 5.87. The van der Waals surface area contributed by atoms with Gasteiger partial charge >= 0.3 is 12.0 Å². The molecule has 7 nitrogen and oxygen atoms in total. The molecule has 0 bridgehead atoms. The number of carboxylic acid groups (broad SMARTS) is 1. The summed E-state index contributed by atoms with van der Waals surface area (Å²) < 4.78 is 10.2. The monoisotopic (exact) mass is 260 g/mol. The maximum absolute atomic E-state index is 12.1. The number of rotatable bonds is 5. The summed E-state index contributed by atoms with van der Waals surface area (Å²) in [6, 6.07) is -1.20. The summed E-state index contributed by atoms with van der Waals surface area (Å²) in [6.45, 7) is 4.07. The van der Waals surface area contributed by atoms with E-state index in [-0.39, 0.29) is 12.6 Å². The lowest BCUT2D eigenvalue weighted by atomic mass is 10.2. The second-order valence-electron chi connectivity index (χ2n) is 4.02. The fourth-order valence-corrected chi connectivity index (χ4v) is 1.70. The van der Waals surface area contributed by atoms with Crippen LogP contribution in [0.1, 0.15) is 6.92 Å². The zero-order valence-electron chi connectivity index (χ0n) is 10.8. The smallest absolute Gasteiger partial charge is 0.328 e. The number of ether oxygens (including phenoxy) is 2. The Morgan fingerprint density at radius 2 is 2.28 bits per heavy atom. The van der Waals surface area contributed by atoms with E-state index in [1.807, 2.05) is 6.92 Å². The van der Waals surface area contributed by atoms with Crippen molar-refractivity contribution in [2.45, 2.75) is 13.0 Å². The fourth-order valence-electron chi connectivity index (χ4n) is 1.70. The molecule has 1 heterocycles. The zero-order chi connectivity index (χ0) is 13.5. The molecule has 1 saturated heterocycles. The van der Waals surface area contributed by atoms with E-state index in [4.69, 9.17) is 14.6 Å². The molecule has 0 radical (unpaired) electrons. The van der Waals surface area contributed by atoms with Gasteiger partial charge in [0.25, 0.3) is 0 Å². The molecule has 0 spiro atoms. The molecule has 104 valence electrons. The molecule has 18 heavy (non-hydrogen) atoms. The molecule has 1 fully saturated rings. The summed E-state index contributed by atoms with van der Waals surface area (Å²) in [5.41, 5.74) is 0. The van der Waals surface area contributed by atoms with Gasteiger partial charge in [-0.15, -0.1) is 0 Å². The second-order valence-corrected chi connectivity index (χ2v) is 4.02. The lowest BCUT2D eigenvalue weighted by Gasteiger charge is -2.35. The molecule has 1 atom stereocenters. The number of hydrogen-bond donors (Lipinski definition) is 1. The zero-order valence-corrected chi connectivity index (χ0v) is 10.8. The number of morpholine rings is 1. The lowest BCUT2D eigenvalue weighted by molar-refractivity contribution is -0.147. The maximum atomic E-state index is 12.1. The Morgan fingerprint density at radius 1 is 1.56 bits per heavy atom. The first-order chi connectivity index (χ1) is 8.57. The first-order valence-corrected chi connectivity index (χ1v) is 5.98. The van der Waals surface area contributed by atoms with Gasteiger partial charge in [-0.3, -0.25) is 0 Å². The third-order valence-electron chi connectivity index (χ3n) is 2.76. The van der Waals surface area contributed by atoms with Gasteiger partial charge in [-0.1, -0.05) is 0 Å². The van der Waals surface area contributed by atoms with Crippen LogP contribution in [0.3, 0.4) is 0 Å². The van der Waals surface area contributed by atoms with Crippen LogP contribution in [0.25, 0.3) is 0 Å². The first kappa shape index (κ1) is 14.7. The molecule has 0 aromatic rings. The van der Waals surface area contributed by atoms with E-state index in [0.29, 0.717) is 32.9 Å². The SMILES string of the molecule is CCOCCN(C)C(=O)N1CCOCC1C(=O)O. The first-order valence-electron chi connectivity index (χ1n) is 5.98. The van der Waals surface area contributed by atoms with Gasteiger partial charge in [0.05, 0.1) is 19.8 Å². The van der Waals surface area contributed by atoms with Gasteiger partial charge in [-0.2, -0.15) is 0 Å². The number of nitrogens with zero attached hydrogens (tertiary/aromatic N) is 2. The van der Waals surface area contributed by atoms with Crippen LogP contribution in [-0.2, 0) is 14.3 Å². The highest BCUT2D eigenvalue weighted by atomic mass is 16.5. The van der Waals surface area contributed by atoms with E-state index >= 15 is 0 Å². The number of aliphatic carboxylic acids is 1. The van der Waals surface area contributed by atoms with E-state index in [0.717, 1.165) is 0 Å². The number of carbonyl (C=O) groups is 2. The lowest BCUT2D eigenvalue weighted by Crippen LogP contribution is -2.56. The third-order valence-corrected chi connectivity index (χ3v) is 2.76. The minimum absolute atomic E-state index is 0.0420. The van der Waals surface area contributed by atoms with E-state index in [9.17, 15) is 9.59 Å². The molecular weight excluding hydrogens is 240 g/mol. The summed E-state index contributed by atoms with van der Waals surface area (Å²) in [5, 5.41) is 9.04. The molecule has 1 aliphatic heterocycles. The van der Waals surface area contributed by atoms with E-state index in [2.05, 4.69) is 0 Å². The molecule has 1 rings (SSSR count). The van der Waals surface area contributed by atoms with Crippen LogP contribution in [0, 0.1) is 0 Å². The highest BCUT2D eigenvalue weighted by molar-refractivity contribution is 5.82. The van der Waals surface area contributed by atoms with E-state index in [1.165, 1.54) is 9.80 Å². The molecule has 2 amide bonds. The molecule has 1 N–H and O–H groups in total. The molecular formula is C11H20N2O5. The fraction of sp³-hybridized carbons (Fsp3) is 0.818. The van der Waals surface area contributed by atoms with E-state index < -0.39 is 12.0 Å². The van der Waals surface area contributed by atoms with Crippen molar-refractivity contribution in [3.63, 3.8) is 0 Å². The molecule has 0 saturated carbocycles. The summed E-state index contributed by atoms with van der Waals surface area (Å²) in [4.78, 5) is 25.9. The number of carboxylic acids is 1. The molecule has 1 aliphatic rings. The summed E-state index contributed by atoms with van der Waals surface area (Å²) >= 11 is 0. The van der Waals surface area contributed by atoms with Crippen molar-refractivity contribution in [3.05, 3.63) is 0 Å². The van der Waals surface area contributed by atoms with Gasteiger partial charge in [0.15, 0.2) is 6.04 Å². The molecule has 1 unspecified atom stereocenters. The molecule has 0 aliphatic carbocycles. The minimum atomic E-state index is -1.04. The van der Waals surface area contributed by atoms with Crippen LogP contribution >= 0.6 is 0 Å². The van der Waals surface area contributed by atoms with Crippen molar-refractivity contribution in [1.82, 2.24) is 9.80 Å². The van der Waals surface area contributed by atoms with Gasteiger partial charge in [0.2, 0.25) is 0 Å². The van der Waals surface area contributed by atoms with E-state index in [1.54, 1.807) is 7.05 Å². The Labute approximate surface area is 106 Å². The average molecular weight is 260 g/mol. The summed E-state index contributed by atoms with van der Waals surface area (Å²) in [5.74, 6) is -1.04. The highest BCUT2D eigenvalue weighted by Crippen LogP contribution is 2.10. The largest absolute Gasteiger partial charge is 0.480 e. The summed E-state index contributed by atoms with van der Waals surface area (Å²) in [6.07, 6.45) is 0. The van der Waals surface area contributed by atoms with Gasteiger partial charge in [-0.05, 0) is 6.92 Å². The quantitative estimate of drug-likeness (QED) is 0.696. The van der Waals surface area contributed by atoms with Gasteiger partial charge < -0.3 is 24.4 Å². The molecule has 0 aromatic carbocycles. The minimum Gasteiger partial charge on any atom is -0.480 e. The van der Waals surface area contributed by atoms with Crippen LogP contribution in [0.4, 0.5) is 4.79 Å². The molecule has 0 aromatic heterocycles. The van der Waals surface area contributed by atoms with Gasteiger partial charge in [-0.25, -0.2) is 9.59 Å². The van der Waals surface area contributed by atoms with Crippen molar-refractivity contribution >= 4 is 12.0 Å². The number of likely N-dealkylation sites (N-methyl/N-ethyl adjacent to an activating group) is 1. The van der Waals surface area contributed by atoms with Crippen molar-refractivity contribution in [2.24, 2.45) is 0 Å². The third kappa shape index (κ3) is 3.85.